The van der Waals surface area contributed by atoms with Crippen molar-refractivity contribution < 1.29 is 17.6 Å². The van der Waals surface area contributed by atoms with E-state index in [2.05, 4.69) is 10.2 Å². The zero-order valence-corrected chi connectivity index (χ0v) is 18.1. The maximum absolute atomic E-state index is 14.0. The average Bonchev–Trinajstić information content (AvgIpc) is 3.46. The second kappa shape index (κ2) is 8.30. The lowest BCUT2D eigenvalue weighted by Gasteiger charge is -2.33. The first kappa shape index (κ1) is 21.6. The van der Waals surface area contributed by atoms with Gasteiger partial charge in [0, 0.05) is 24.2 Å². The highest BCUT2D eigenvalue weighted by Gasteiger charge is 2.38. The van der Waals surface area contributed by atoms with Crippen molar-refractivity contribution in [2.24, 2.45) is 5.92 Å². The third-order valence-corrected chi connectivity index (χ3v) is 6.90. The van der Waals surface area contributed by atoms with E-state index in [4.69, 9.17) is 11.6 Å². The summed E-state index contributed by atoms with van der Waals surface area (Å²) < 4.78 is 56.9. The highest BCUT2D eigenvalue weighted by Crippen LogP contribution is 2.38. The Balaban J connectivity index is 1.35. The summed E-state index contributed by atoms with van der Waals surface area (Å²) in [5, 5.41) is 8.38. The van der Waals surface area contributed by atoms with E-state index in [0.29, 0.717) is 36.3 Å². The Bertz CT molecular complexity index is 1130. The molecule has 0 bridgehead atoms. The lowest BCUT2D eigenvalue weighted by Crippen LogP contribution is -2.33. The SMILES string of the molecule is FC(F)(F)c1c(CN2CCC(c3ccc([18F])cc3Cl)CC2)ccn2c(CC3CC3)nnc12. The minimum absolute atomic E-state index is 0.112. The van der Waals surface area contributed by atoms with Gasteiger partial charge in [0.1, 0.15) is 17.2 Å². The number of aromatic nitrogens is 3. The molecular formula is C23H23ClF4N4. The van der Waals surface area contributed by atoms with Gasteiger partial charge in [0.15, 0.2) is 5.65 Å². The summed E-state index contributed by atoms with van der Waals surface area (Å²) in [5.41, 5.74) is 0.308. The van der Waals surface area contributed by atoms with Crippen molar-refractivity contribution in [2.75, 3.05) is 13.1 Å². The third-order valence-electron chi connectivity index (χ3n) is 6.57. The van der Waals surface area contributed by atoms with Gasteiger partial charge in [0.25, 0.3) is 0 Å². The Morgan fingerprint density at radius 3 is 2.44 bits per heavy atom. The fourth-order valence-corrected chi connectivity index (χ4v) is 5.00. The van der Waals surface area contributed by atoms with E-state index in [1.165, 1.54) is 16.5 Å². The van der Waals surface area contributed by atoms with Gasteiger partial charge in [-0.15, -0.1) is 10.2 Å². The van der Waals surface area contributed by atoms with Gasteiger partial charge in [-0.2, -0.15) is 13.2 Å². The van der Waals surface area contributed by atoms with Gasteiger partial charge in [0.05, 0.1) is 0 Å². The van der Waals surface area contributed by atoms with Gasteiger partial charge in [-0.25, -0.2) is 4.39 Å². The number of halogens is 5. The number of rotatable bonds is 5. The van der Waals surface area contributed by atoms with Crippen molar-refractivity contribution in [2.45, 2.75) is 50.7 Å². The number of piperidine rings is 1. The lowest BCUT2D eigenvalue weighted by molar-refractivity contribution is -0.137. The van der Waals surface area contributed by atoms with Gasteiger partial charge in [0.2, 0.25) is 0 Å². The zero-order valence-electron chi connectivity index (χ0n) is 17.4. The minimum atomic E-state index is -4.51. The second-order valence-corrected chi connectivity index (χ2v) is 9.29. The van der Waals surface area contributed by atoms with Gasteiger partial charge < -0.3 is 0 Å². The van der Waals surface area contributed by atoms with Crippen LogP contribution in [-0.4, -0.2) is 32.6 Å². The van der Waals surface area contributed by atoms with Crippen LogP contribution in [0.5, 0.6) is 0 Å². The number of hydrogen-bond acceptors (Lipinski definition) is 3. The molecular weight excluding hydrogens is 443 g/mol. The first-order chi connectivity index (χ1) is 15.3. The van der Waals surface area contributed by atoms with Gasteiger partial charge in [-0.3, -0.25) is 9.30 Å². The Kier molecular flexibility index (Phi) is 5.61. The van der Waals surface area contributed by atoms with E-state index in [9.17, 15) is 17.6 Å². The molecule has 2 aliphatic rings. The molecule has 5 rings (SSSR count). The molecule has 170 valence electrons. The zero-order chi connectivity index (χ0) is 22.5. The molecule has 1 saturated heterocycles. The Morgan fingerprint density at radius 1 is 1.03 bits per heavy atom. The number of benzene rings is 1. The molecule has 1 aromatic carbocycles. The summed E-state index contributed by atoms with van der Waals surface area (Å²) in [6, 6.07) is 5.97. The molecule has 1 aliphatic carbocycles. The van der Waals surface area contributed by atoms with Crippen LogP contribution in [0, 0.1) is 11.7 Å². The number of hydrogen-bond donors (Lipinski definition) is 0. The normalized spacial score (nSPS) is 18.5. The molecule has 2 fully saturated rings. The predicted octanol–water partition coefficient (Wildman–Crippen LogP) is 5.87. The molecule has 0 atom stereocenters. The van der Waals surface area contributed by atoms with Crippen LogP contribution in [0.25, 0.3) is 5.65 Å². The van der Waals surface area contributed by atoms with Crippen molar-refractivity contribution in [1.82, 2.24) is 19.5 Å². The fraction of sp³-hybridized carbons (Fsp3) is 0.478. The van der Waals surface area contributed by atoms with Crippen molar-refractivity contribution in [3.63, 3.8) is 0 Å². The predicted molar refractivity (Wildman–Crippen MR) is 113 cm³/mol. The Labute approximate surface area is 188 Å². The number of nitrogens with zero attached hydrogens (tertiary/aromatic N) is 4. The number of alkyl halides is 3. The van der Waals surface area contributed by atoms with Crippen molar-refractivity contribution in [1.29, 1.82) is 0 Å². The van der Waals surface area contributed by atoms with E-state index in [1.807, 2.05) is 4.90 Å². The van der Waals surface area contributed by atoms with Crippen LogP contribution in [0.2, 0.25) is 5.02 Å². The molecule has 0 radical (unpaired) electrons. The monoisotopic (exact) mass is 465 g/mol. The second-order valence-electron chi connectivity index (χ2n) is 8.89. The van der Waals surface area contributed by atoms with Crippen LogP contribution in [0.1, 0.15) is 54.1 Å². The summed E-state index contributed by atoms with van der Waals surface area (Å²) >= 11 is 6.20. The van der Waals surface area contributed by atoms with Gasteiger partial charge >= 0.3 is 6.18 Å². The molecule has 0 N–H and O–H groups in total. The van der Waals surface area contributed by atoms with E-state index in [1.54, 1.807) is 18.3 Å². The lowest BCUT2D eigenvalue weighted by atomic mass is 9.89. The minimum Gasteiger partial charge on any atom is -0.299 e. The summed E-state index contributed by atoms with van der Waals surface area (Å²) in [6.07, 6.45) is 1.52. The maximum atomic E-state index is 14.0. The fourth-order valence-electron chi connectivity index (χ4n) is 4.68. The summed E-state index contributed by atoms with van der Waals surface area (Å²) in [6.45, 7) is 1.47. The summed E-state index contributed by atoms with van der Waals surface area (Å²) in [7, 11) is 0. The molecule has 1 saturated carbocycles. The van der Waals surface area contributed by atoms with Gasteiger partial charge in [-0.05, 0) is 79.9 Å². The van der Waals surface area contributed by atoms with Gasteiger partial charge in [-0.1, -0.05) is 17.7 Å². The van der Waals surface area contributed by atoms with E-state index in [-0.39, 0.29) is 29.5 Å². The van der Waals surface area contributed by atoms with E-state index >= 15 is 0 Å². The van der Waals surface area contributed by atoms with E-state index in [0.717, 1.165) is 31.2 Å². The molecule has 3 aromatic rings. The first-order valence-corrected chi connectivity index (χ1v) is 11.3. The Hall–Kier alpha value is -2.19. The highest BCUT2D eigenvalue weighted by molar-refractivity contribution is 6.31. The largest absolute Gasteiger partial charge is 0.420 e. The molecule has 32 heavy (non-hydrogen) atoms. The van der Waals surface area contributed by atoms with E-state index < -0.39 is 11.7 Å². The van der Waals surface area contributed by atoms with Crippen LogP contribution in [0.4, 0.5) is 17.6 Å². The first-order valence-electron chi connectivity index (χ1n) is 10.9. The molecule has 4 nitrogen and oxygen atoms in total. The molecule has 2 aromatic heterocycles. The number of pyridine rings is 1. The molecule has 9 heteroatoms. The molecule has 1 aliphatic heterocycles. The van der Waals surface area contributed by atoms with Crippen LogP contribution in [-0.2, 0) is 19.1 Å². The summed E-state index contributed by atoms with van der Waals surface area (Å²) in [5.74, 6) is 0.897. The molecule has 0 spiro atoms. The topological polar surface area (TPSA) is 33.4 Å². The molecule has 0 amide bonds. The summed E-state index contributed by atoms with van der Waals surface area (Å²) in [4.78, 5) is 2.02. The van der Waals surface area contributed by atoms with Crippen LogP contribution < -0.4 is 0 Å². The molecule has 3 heterocycles. The smallest absolute Gasteiger partial charge is 0.299 e. The van der Waals surface area contributed by atoms with Crippen molar-refractivity contribution in [3.05, 3.63) is 63.8 Å². The maximum Gasteiger partial charge on any atom is 0.420 e. The van der Waals surface area contributed by atoms with Crippen molar-refractivity contribution in [3.8, 4) is 0 Å². The standard InChI is InChI=1S/C23H23ClF4N4/c24-19-12-17(25)3-4-18(19)15-5-8-31(9-6-15)13-16-7-10-32-20(11-14-1-2-14)29-30-22(32)21(16)23(26,27)28/h3-4,7,10,12,14-15H,1-2,5-6,8-9,11,13H2/i25-1. The molecule has 0 unspecified atom stereocenters. The quantitative estimate of drug-likeness (QED) is 0.442. The van der Waals surface area contributed by atoms with Crippen LogP contribution in [0.15, 0.2) is 30.5 Å². The number of fused-ring (bicyclic) bond motifs is 1. The average molecular weight is 466 g/mol. The van der Waals surface area contributed by atoms with Crippen molar-refractivity contribution >= 4 is 17.2 Å². The van der Waals surface area contributed by atoms with Crippen LogP contribution in [0.3, 0.4) is 0 Å². The third kappa shape index (κ3) is 4.35. The Morgan fingerprint density at radius 2 is 1.78 bits per heavy atom. The van der Waals surface area contributed by atoms with Crippen LogP contribution >= 0.6 is 11.6 Å². The highest BCUT2D eigenvalue weighted by atomic mass is 35.5. The number of likely N-dealkylation sites (tertiary alicyclic amines) is 1.